The number of carboxylic acid groups (broad SMARTS) is 2. The van der Waals surface area contributed by atoms with Crippen LogP contribution in [-0.4, -0.2) is 106 Å². The Morgan fingerprint density at radius 2 is 1.44 bits per heavy atom. The predicted molar refractivity (Wildman–Crippen MR) is 177 cm³/mol. The molecule has 1 aliphatic rings. The molecular formula is C32H57N7O9. The zero-order valence-electron chi connectivity index (χ0n) is 29.1. The second kappa shape index (κ2) is 20.5. The fraction of sp³-hybridized carbons (Fsp3) is 0.781. The third kappa shape index (κ3) is 13.4. The number of likely N-dealkylation sites (tertiary alicyclic amines) is 1. The number of rotatable bonds is 21. The van der Waals surface area contributed by atoms with Gasteiger partial charge in [-0.25, -0.2) is 4.79 Å². The van der Waals surface area contributed by atoms with Gasteiger partial charge in [0.25, 0.3) is 0 Å². The maximum Gasteiger partial charge on any atom is 0.326 e. The highest BCUT2D eigenvalue weighted by atomic mass is 16.4. The first-order valence-corrected chi connectivity index (χ1v) is 16.9. The molecule has 0 radical (unpaired) electrons. The highest BCUT2D eigenvalue weighted by molar-refractivity contribution is 5.97. The Morgan fingerprint density at radius 3 is 1.96 bits per heavy atom. The number of nitrogens with zero attached hydrogens (tertiary/aromatic N) is 1. The van der Waals surface area contributed by atoms with Gasteiger partial charge in [-0.15, -0.1) is 0 Å². The van der Waals surface area contributed by atoms with Crippen molar-refractivity contribution in [2.75, 3.05) is 13.1 Å². The van der Waals surface area contributed by atoms with Crippen molar-refractivity contribution in [2.24, 2.45) is 29.2 Å². The Labute approximate surface area is 282 Å². The summed E-state index contributed by atoms with van der Waals surface area (Å²) in [6.07, 6.45) is 1.84. The van der Waals surface area contributed by atoms with Crippen LogP contribution < -0.4 is 32.7 Å². The minimum absolute atomic E-state index is 0.0913. The summed E-state index contributed by atoms with van der Waals surface area (Å²) in [5, 5.41) is 29.5. The minimum Gasteiger partial charge on any atom is -0.481 e. The molecule has 1 fully saturated rings. The van der Waals surface area contributed by atoms with E-state index in [0.29, 0.717) is 38.6 Å². The van der Waals surface area contributed by atoms with Crippen LogP contribution in [0.4, 0.5) is 0 Å². The molecule has 1 saturated heterocycles. The lowest BCUT2D eigenvalue weighted by atomic mass is 9.95. The number of aliphatic carboxylic acids is 2. The van der Waals surface area contributed by atoms with Crippen LogP contribution in [0.1, 0.15) is 92.9 Å². The average Bonchev–Trinajstić information content (AvgIpc) is 3.50. The van der Waals surface area contributed by atoms with Crippen LogP contribution in [0.25, 0.3) is 0 Å². The van der Waals surface area contributed by atoms with E-state index in [2.05, 4.69) is 21.3 Å². The Hall–Kier alpha value is -3.79. The summed E-state index contributed by atoms with van der Waals surface area (Å²) in [7, 11) is 0. The number of unbranched alkanes of at least 4 members (excludes halogenated alkanes) is 1. The molecule has 7 atom stereocenters. The van der Waals surface area contributed by atoms with Crippen molar-refractivity contribution in [1.29, 1.82) is 0 Å². The van der Waals surface area contributed by atoms with Crippen LogP contribution in [0.2, 0.25) is 0 Å². The number of nitrogens with two attached hydrogens (primary N) is 2. The van der Waals surface area contributed by atoms with Gasteiger partial charge in [0.2, 0.25) is 29.5 Å². The topological polar surface area (TPSA) is 263 Å². The molecule has 1 rings (SSSR count). The number of amides is 5. The van der Waals surface area contributed by atoms with Crippen molar-refractivity contribution in [3.63, 3.8) is 0 Å². The molecular weight excluding hydrogens is 626 g/mol. The van der Waals surface area contributed by atoms with Crippen molar-refractivity contribution >= 4 is 41.5 Å². The predicted octanol–water partition coefficient (Wildman–Crippen LogP) is -0.320. The second-order valence-electron chi connectivity index (χ2n) is 13.4. The van der Waals surface area contributed by atoms with Crippen molar-refractivity contribution in [2.45, 2.75) is 129 Å². The van der Waals surface area contributed by atoms with E-state index in [-0.39, 0.29) is 31.2 Å². The largest absolute Gasteiger partial charge is 0.481 e. The van der Waals surface area contributed by atoms with Crippen LogP contribution >= 0.6 is 0 Å². The molecule has 1 heterocycles. The Bertz CT molecular complexity index is 1130. The zero-order valence-corrected chi connectivity index (χ0v) is 29.1. The van der Waals surface area contributed by atoms with E-state index in [9.17, 15) is 43.8 Å². The Balaban J connectivity index is 3.18. The van der Waals surface area contributed by atoms with E-state index in [1.54, 1.807) is 27.7 Å². The van der Waals surface area contributed by atoms with Gasteiger partial charge in [-0.3, -0.25) is 28.8 Å². The Morgan fingerprint density at radius 1 is 0.833 bits per heavy atom. The molecule has 1 aliphatic heterocycles. The van der Waals surface area contributed by atoms with Gasteiger partial charge < -0.3 is 47.8 Å². The van der Waals surface area contributed by atoms with E-state index in [1.807, 2.05) is 13.8 Å². The van der Waals surface area contributed by atoms with Crippen molar-refractivity contribution in [3.8, 4) is 0 Å². The normalized spacial score (nSPS) is 18.3. The Kier molecular flexibility index (Phi) is 18.1. The highest BCUT2D eigenvalue weighted by Gasteiger charge is 2.41. The van der Waals surface area contributed by atoms with E-state index >= 15 is 0 Å². The summed E-state index contributed by atoms with van der Waals surface area (Å²) in [4.78, 5) is 91.3. The smallest absolute Gasteiger partial charge is 0.326 e. The summed E-state index contributed by atoms with van der Waals surface area (Å²) in [5.74, 6) is -6.78. The standard InChI is InChI=1S/C32H57N7O9/c1-7-19(6)26(38-29(44)25(18(4)5)37-27(42)20(34)15-17(2)3)30(45)36-22(16-24(40)41)31(46)39-14-10-12-23(39)28(43)35-21(32(47)48)11-8-9-13-33/h17-23,25-26H,7-16,33-34H2,1-6H3,(H,35,43)(H,36,45)(H,37,42)(H,38,44)(H,40,41)(H,47,48)/t19-,20-,21-,22-,23-,25-,26-/m0/s1. The quantitative estimate of drug-likeness (QED) is 0.0727. The van der Waals surface area contributed by atoms with Gasteiger partial charge >= 0.3 is 11.9 Å². The molecule has 0 aromatic heterocycles. The van der Waals surface area contributed by atoms with E-state index < -0.39 is 90.1 Å². The van der Waals surface area contributed by atoms with E-state index in [0.717, 1.165) is 4.90 Å². The first-order valence-electron chi connectivity index (χ1n) is 16.9. The highest BCUT2D eigenvalue weighted by Crippen LogP contribution is 2.21. The molecule has 0 saturated carbocycles. The minimum atomic E-state index is -1.58. The third-order valence-electron chi connectivity index (χ3n) is 8.50. The third-order valence-corrected chi connectivity index (χ3v) is 8.50. The molecule has 5 amide bonds. The summed E-state index contributed by atoms with van der Waals surface area (Å²) in [6, 6.07) is -6.90. The first kappa shape index (κ1) is 42.2. The number of nitrogens with one attached hydrogen (secondary N) is 4. The fourth-order valence-electron chi connectivity index (χ4n) is 5.51. The number of hydrogen-bond acceptors (Lipinski definition) is 9. The molecule has 0 aromatic rings. The monoisotopic (exact) mass is 683 g/mol. The lowest BCUT2D eigenvalue weighted by Crippen LogP contribution is -2.61. The van der Waals surface area contributed by atoms with Gasteiger partial charge in [-0.1, -0.05) is 48.0 Å². The molecule has 0 spiro atoms. The van der Waals surface area contributed by atoms with Crippen LogP contribution in [0, 0.1) is 17.8 Å². The van der Waals surface area contributed by atoms with Gasteiger partial charge in [-0.2, -0.15) is 0 Å². The SMILES string of the molecule is CC[C@H](C)[C@H](NC(=O)[C@@H](NC(=O)[C@@H](N)CC(C)C)C(C)C)C(=O)N[C@@H](CC(=O)O)C(=O)N1CCC[C@H]1C(=O)N[C@@H](CCCCN)C(=O)O. The summed E-state index contributed by atoms with van der Waals surface area (Å²) in [5.41, 5.74) is 11.5. The molecule has 0 bridgehead atoms. The summed E-state index contributed by atoms with van der Waals surface area (Å²) >= 11 is 0. The van der Waals surface area contributed by atoms with Crippen molar-refractivity contribution < 1.29 is 43.8 Å². The first-order chi connectivity index (χ1) is 22.4. The van der Waals surface area contributed by atoms with Crippen LogP contribution in [0.15, 0.2) is 0 Å². The molecule has 48 heavy (non-hydrogen) atoms. The maximum atomic E-state index is 13.7. The number of carbonyl (C=O) groups excluding carboxylic acids is 5. The van der Waals surface area contributed by atoms with Crippen LogP contribution in [0.3, 0.4) is 0 Å². The molecule has 0 unspecified atom stereocenters. The molecule has 16 heteroatoms. The maximum absolute atomic E-state index is 13.7. The summed E-state index contributed by atoms with van der Waals surface area (Å²) in [6.45, 7) is 11.2. The molecule has 0 aromatic carbocycles. The van der Waals surface area contributed by atoms with Gasteiger partial charge in [0, 0.05) is 6.54 Å². The van der Waals surface area contributed by atoms with Crippen molar-refractivity contribution in [1.82, 2.24) is 26.2 Å². The molecule has 274 valence electrons. The lowest BCUT2D eigenvalue weighted by molar-refractivity contribution is -0.147. The van der Waals surface area contributed by atoms with Gasteiger partial charge in [0.15, 0.2) is 0 Å². The van der Waals surface area contributed by atoms with Gasteiger partial charge in [0.05, 0.1) is 12.5 Å². The number of carbonyl (C=O) groups is 7. The number of carboxylic acids is 2. The van der Waals surface area contributed by atoms with Gasteiger partial charge in [0.1, 0.15) is 30.2 Å². The molecule has 0 aliphatic carbocycles. The molecule has 10 N–H and O–H groups in total. The summed E-state index contributed by atoms with van der Waals surface area (Å²) < 4.78 is 0. The average molecular weight is 684 g/mol. The van der Waals surface area contributed by atoms with Crippen LogP contribution in [-0.2, 0) is 33.6 Å². The number of hydrogen-bond donors (Lipinski definition) is 8. The zero-order chi connectivity index (χ0) is 36.7. The van der Waals surface area contributed by atoms with Crippen molar-refractivity contribution in [3.05, 3.63) is 0 Å². The van der Waals surface area contributed by atoms with E-state index in [4.69, 9.17) is 11.5 Å². The lowest BCUT2D eigenvalue weighted by Gasteiger charge is -2.31. The van der Waals surface area contributed by atoms with E-state index in [1.165, 1.54) is 0 Å². The molecule has 16 nitrogen and oxygen atoms in total. The van der Waals surface area contributed by atoms with Gasteiger partial charge in [-0.05, 0) is 62.8 Å². The second-order valence-corrected chi connectivity index (χ2v) is 13.4. The van der Waals surface area contributed by atoms with Crippen LogP contribution in [0.5, 0.6) is 0 Å². The fourth-order valence-corrected chi connectivity index (χ4v) is 5.51.